The molecule has 0 aromatic heterocycles. The molecule has 1 heterocycles. The van der Waals surface area contributed by atoms with Gasteiger partial charge in [0.1, 0.15) is 12.4 Å². The average molecular weight is 292 g/mol. The number of carboxylic acid groups (broad SMARTS) is 1. The van der Waals surface area contributed by atoms with E-state index in [-0.39, 0.29) is 12.4 Å². The molecule has 0 spiro atoms. The lowest BCUT2D eigenvalue weighted by Gasteiger charge is -2.15. The van der Waals surface area contributed by atoms with Crippen LogP contribution in [0.4, 0.5) is 5.69 Å². The quantitative estimate of drug-likeness (QED) is 0.796. The molecule has 0 unspecified atom stereocenters. The Hall–Kier alpha value is -2.01. The molecular weight excluding hydrogens is 278 g/mol. The van der Waals surface area contributed by atoms with Crippen LogP contribution in [0.5, 0.6) is 0 Å². The number of benzene rings is 1. The second kappa shape index (κ2) is 5.17. The van der Waals surface area contributed by atoms with Gasteiger partial charge < -0.3 is 15.7 Å². The lowest BCUT2D eigenvalue weighted by Crippen LogP contribution is -2.23. The Bertz CT molecular complexity index is 621. The lowest BCUT2D eigenvalue weighted by atomic mass is 10.1. The fraction of sp³-hybridized carbons (Fsp3) is 0.286. The van der Waals surface area contributed by atoms with E-state index in [9.17, 15) is 4.79 Å². The van der Waals surface area contributed by atoms with Crippen molar-refractivity contribution >= 4 is 34.7 Å². The number of aliphatic imine (C=N–C) groups is 1. The molecule has 0 saturated heterocycles. The average Bonchev–Trinajstić information content (AvgIpc) is 3.25. The van der Waals surface area contributed by atoms with Gasteiger partial charge in [-0.25, -0.2) is 4.79 Å². The number of hydrogen-bond acceptors (Lipinski definition) is 4. The second-order valence-corrected chi connectivity index (χ2v) is 5.26. The number of hydrogen-bond donors (Lipinski definition) is 3. The maximum atomic E-state index is 10.9. The van der Waals surface area contributed by atoms with E-state index in [0.29, 0.717) is 11.1 Å². The second-order valence-electron chi connectivity index (χ2n) is 4.85. The highest BCUT2D eigenvalue weighted by Gasteiger charge is 2.22. The molecule has 1 saturated carbocycles. The zero-order valence-corrected chi connectivity index (χ0v) is 11.4. The van der Waals surface area contributed by atoms with Crippen molar-refractivity contribution in [3.8, 4) is 0 Å². The van der Waals surface area contributed by atoms with Gasteiger partial charge in [-0.05, 0) is 36.6 Å². The smallest absolute Gasteiger partial charge is 0.354 e. The summed E-state index contributed by atoms with van der Waals surface area (Å²) in [6, 6.07) is 6.21. The van der Waals surface area contributed by atoms with E-state index in [2.05, 4.69) is 15.6 Å². The molecule has 1 aliphatic carbocycles. The molecule has 1 fully saturated rings. The Morgan fingerprint density at radius 3 is 2.90 bits per heavy atom. The molecule has 20 heavy (non-hydrogen) atoms. The molecule has 104 valence electrons. The van der Waals surface area contributed by atoms with Crippen molar-refractivity contribution in [2.24, 2.45) is 4.99 Å². The van der Waals surface area contributed by atoms with Gasteiger partial charge in [0, 0.05) is 11.7 Å². The van der Waals surface area contributed by atoms with Crippen LogP contribution in [0.3, 0.4) is 0 Å². The maximum Gasteiger partial charge on any atom is 0.354 e. The van der Waals surface area contributed by atoms with E-state index >= 15 is 0 Å². The number of nitrogens with one attached hydrogen (secondary N) is 2. The van der Waals surface area contributed by atoms with Crippen molar-refractivity contribution in [3.63, 3.8) is 0 Å². The molecule has 0 amide bonds. The van der Waals surface area contributed by atoms with Crippen LogP contribution >= 0.6 is 11.6 Å². The van der Waals surface area contributed by atoms with Crippen molar-refractivity contribution in [1.82, 2.24) is 5.32 Å². The summed E-state index contributed by atoms with van der Waals surface area (Å²) in [5.74, 6) is -1.03. The Morgan fingerprint density at radius 2 is 2.25 bits per heavy atom. The van der Waals surface area contributed by atoms with Gasteiger partial charge in [0.05, 0.1) is 10.7 Å². The summed E-state index contributed by atoms with van der Waals surface area (Å²) in [4.78, 5) is 14.8. The van der Waals surface area contributed by atoms with Crippen LogP contribution in [0.1, 0.15) is 18.4 Å². The molecule has 0 radical (unpaired) electrons. The van der Waals surface area contributed by atoms with Gasteiger partial charge in [0.15, 0.2) is 0 Å². The standard InChI is InChI=1S/C14H14ClN3O2/c15-10-5-8(1-4-11(10)18-9-2-3-9)12-6-13(14(19)20)17-7-16-12/h1,4-6,9,16,18H,2-3,7H2,(H,19,20). The zero-order chi connectivity index (χ0) is 14.1. The highest BCUT2D eigenvalue weighted by Crippen LogP contribution is 2.31. The number of carbonyl (C=O) groups is 1. The van der Waals surface area contributed by atoms with Crippen LogP contribution < -0.4 is 10.6 Å². The van der Waals surface area contributed by atoms with E-state index in [4.69, 9.17) is 16.7 Å². The molecule has 2 aliphatic rings. The monoisotopic (exact) mass is 291 g/mol. The van der Waals surface area contributed by atoms with E-state index in [0.717, 1.165) is 16.9 Å². The molecule has 1 aromatic rings. The summed E-state index contributed by atoms with van der Waals surface area (Å²) < 4.78 is 0. The molecule has 1 aliphatic heterocycles. The number of aliphatic carboxylic acids is 1. The van der Waals surface area contributed by atoms with Gasteiger partial charge in [0.25, 0.3) is 0 Å². The van der Waals surface area contributed by atoms with Crippen LogP contribution in [-0.4, -0.2) is 29.5 Å². The summed E-state index contributed by atoms with van der Waals surface area (Å²) in [6.45, 7) is 0.257. The Kier molecular flexibility index (Phi) is 3.36. The van der Waals surface area contributed by atoms with Crippen LogP contribution in [0.2, 0.25) is 5.02 Å². The van der Waals surface area contributed by atoms with Crippen LogP contribution in [0.15, 0.2) is 29.3 Å². The highest BCUT2D eigenvalue weighted by molar-refractivity contribution is 6.41. The third-order valence-corrected chi connectivity index (χ3v) is 3.55. The first kappa shape index (κ1) is 13.0. The summed E-state index contributed by atoms with van der Waals surface area (Å²) in [5.41, 5.74) is 2.54. The molecule has 3 rings (SSSR count). The predicted molar refractivity (Wildman–Crippen MR) is 79.1 cm³/mol. The molecule has 6 heteroatoms. The summed E-state index contributed by atoms with van der Waals surface area (Å²) in [7, 11) is 0. The minimum atomic E-state index is -1.03. The number of halogens is 1. The van der Waals surface area contributed by atoms with Gasteiger partial charge in [-0.1, -0.05) is 17.7 Å². The first-order valence-electron chi connectivity index (χ1n) is 6.43. The summed E-state index contributed by atoms with van der Waals surface area (Å²) in [5, 5.41) is 16.0. The normalized spacial score (nSPS) is 17.9. The van der Waals surface area contributed by atoms with Gasteiger partial charge in [-0.3, -0.25) is 4.99 Å². The highest BCUT2D eigenvalue weighted by atomic mass is 35.5. The summed E-state index contributed by atoms with van der Waals surface area (Å²) in [6.07, 6.45) is 3.89. The Morgan fingerprint density at radius 1 is 1.45 bits per heavy atom. The number of nitrogens with zero attached hydrogens (tertiary/aromatic N) is 1. The van der Waals surface area contributed by atoms with Crippen LogP contribution in [0.25, 0.3) is 5.70 Å². The third kappa shape index (κ3) is 2.77. The van der Waals surface area contributed by atoms with Crippen molar-refractivity contribution in [1.29, 1.82) is 0 Å². The maximum absolute atomic E-state index is 10.9. The first-order valence-corrected chi connectivity index (χ1v) is 6.81. The van der Waals surface area contributed by atoms with Crippen molar-refractivity contribution < 1.29 is 9.90 Å². The van der Waals surface area contributed by atoms with E-state index in [1.165, 1.54) is 18.9 Å². The predicted octanol–water partition coefficient (Wildman–Crippen LogP) is 2.34. The largest absolute Gasteiger partial charge is 0.477 e. The molecule has 3 N–H and O–H groups in total. The molecule has 0 atom stereocenters. The zero-order valence-electron chi connectivity index (χ0n) is 10.7. The number of carboxylic acids is 1. The minimum absolute atomic E-state index is 0.0510. The van der Waals surface area contributed by atoms with Gasteiger partial charge >= 0.3 is 5.97 Å². The topological polar surface area (TPSA) is 73.7 Å². The van der Waals surface area contributed by atoms with Crippen LogP contribution in [0, 0.1) is 0 Å². The van der Waals surface area contributed by atoms with E-state index in [1.807, 2.05) is 18.2 Å². The van der Waals surface area contributed by atoms with E-state index in [1.54, 1.807) is 0 Å². The van der Waals surface area contributed by atoms with Gasteiger partial charge in [0.2, 0.25) is 0 Å². The fourth-order valence-electron chi connectivity index (χ4n) is 2.01. The first-order chi connectivity index (χ1) is 9.63. The fourth-order valence-corrected chi connectivity index (χ4v) is 2.24. The van der Waals surface area contributed by atoms with Gasteiger partial charge in [-0.2, -0.15) is 0 Å². The third-order valence-electron chi connectivity index (χ3n) is 3.24. The number of rotatable bonds is 4. The molecule has 0 bridgehead atoms. The van der Waals surface area contributed by atoms with Crippen LogP contribution in [-0.2, 0) is 4.79 Å². The molecular formula is C14H14ClN3O2. The summed E-state index contributed by atoms with van der Waals surface area (Å²) >= 11 is 6.26. The van der Waals surface area contributed by atoms with Crippen molar-refractivity contribution in [3.05, 3.63) is 34.9 Å². The molecule has 1 aromatic carbocycles. The Labute approximate surface area is 121 Å². The van der Waals surface area contributed by atoms with E-state index < -0.39 is 5.97 Å². The van der Waals surface area contributed by atoms with Gasteiger partial charge in [-0.15, -0.1) is 0 Å². The van der Waals surface area contributed by atoms with Crippen molar-refractivity contribution in [2.45, 2.75) is 18.9 Å². The minimum Gasteiger partial charge on any atom is -0.477 e. The van der Waals surface area contributed by atoms with Crippen molar-refractivity contribution in [2.75, 3.05) is 12.0 Å². The lowest BCUT2D eigenvalue weighted by molar-refractivity contribution is -0.129. The SMILES string of the molecule is O=C(O)C1=NCNC(c2ccc(NC3CC3)c(Cl)c2)=C1. The molecule has 5 nitrogen and oxygen atoms in total. The number of anilines is 1. The Balaban J connectivity index is 1.85.